The number of rotatable bonds is 3. The van der Waals surface area contributed by atoms with Gasteiger partial charge in [0.15, 0.2) is 5.78 Å². The number of aryl methyl sites for hydroxylation is 1. The standard InChI is InChI=1S/C18H25NO/c1-15-8-7-9-16(14-15)17(20)18(10-3-4-11-18)19-12-5-2-6-13-19/h7-9,14H,2-6,10-13H2,1H3. The topological polar surface area (TPSA) is 20.3 Å². The number of hydrogen-bond acceptors (Lipinski definition) is 2. The van der Waals surface area contributed by atoms with E-state index in [1.807, 2.05) is 12.1 Å². The van der Waals surface area contributed by atoms with Crippen LogP contribution in [0.4, 0.5) is 0 Å². The summed E-state index contributed by atoms with van der Waals surface area (Å²) in [7, 11) is 0. The molecule has 1 saturated carbocycles. The van der Waals surface area contributed by atoms with Crippen molar-refractivity contribution >= 4 is 5.78 Å². The fourth-order valence-electron chi connectivity index (χ4n) is 4.02. The van der Waals surface area contributed by atoms with Crippen LogP contribution < -0.4 is 0 Å². The molecule has 0 N–H and O–H groups in total. The third kappa shape index (κ3) is 2.42. The number of nitrogens with zero attached hydrogens (tertiary/aromatic N) is 1. The van der Waals surface area contributed by atoms with Gasteiger partial charge in [0, 0.05) is 5.56 Å². The van der Waals surface area contributed by atoms with Gasteiger partial charge in [0.05, 0.1) is 5.54 Å². The molecule has 0 bridgehead atoms. The van der Waals surface area contributed by atoms with Crippen molar-refractivity contribution in [1.29, 1.82) is 0 Å². The highest BCUT2D eigenvalue weighted by Gasteiger charge is 2.46. The van der Waals surface area contributed by atoms with E-state index in [1.165, 1.54) is 37.7 Å². The summed E-state index contributed by atoms with van der Waals surface area (Å²) in [5.41, 5.74) is 1.91. The van der Waals surface area contributed by atoms with E-state index >= 15 is 0 Å². The Kier molecular flexibility index (Phi) is 3.93. The van der Waals surface area contributed by atoms with E-state index in [0.717, 1.165) is 31.5 Å². The van der Waals surface area contributed by atoms with Crippen LogP contribution >= 0.6 is 0 Å². The third-order valence-electron chi connectivity index (χ3n) is 5.10. The van der Waals surface area contributed by atoms with Crippen molar-refractivity contribution in [2.75, 3.05) is 13.1 Å². The quantitative estimate of drug-likeness (QED) is 0.775. The van der Waals surface area contributed by atoms with E-state index in [2.05, 4.69) is 24.0 Å². The maximum absolute atomic E-state index is 13.2. The zero-order chi connectivity index (χ0) is 14.0. The van der Waals surface area contributed by atoms with Gasteiger partial charge in [-0.2, -0.15) is 0 Å². The molecule has 0 amide bonds. The average molecular weight is 271 g/mol. The van der Waals surface area contributed by atoms with E-state index in [0.29, 0.717) is 5.78 Å². The Hall–Kier alpha value is -1.15. The van der Waals surface area contributed by atoms with Crippen LogP contribution in [0.5, 0.6) is 0 Å². The minimum absolute atomic E-state index is 0.186. The van der Waals surface area contributed by atoms with E-state index in [9.17, 15) is 4.79 Å². The van der Waals surface area contributed by atoms with Crippen molar-refractivity contribution in [3.8, 4) is 0 Å². The minimum atomic E-state index is -0.186. The van der Waals surface area contributed by atoms with E-state index < -0.39 is 0 Å². The molecule has 1 saturated heterocycles. The largest absolute Gasteiger partial charge is 0.292 e. The Morgan fingerprint density at radius 3 is 2.40 bits per heavy atom. The van der Waals surface area contributed by atoms with Crippen molar-refractivity contribution in [2.24, 2.45) is 0 Å². The Bertz CT molecular complexity index is 482. The predicted octanol–water partition coefficient (Wildman–Crippen LogP) is 3.98. The highest BCUT2D eigenvalue weighted by atomic mass is 16.1. The van der Waals surface area contributed by atoms with Gasteiger partial charge < -0.3 is 0 Å². The maximum atomic E-state index is 13.2. The van der Waals surface area contributed by atoms with Gasteiger partial charge in [-0.05, 0) is 51.8 Å². The molecule has 20 heavy (non-hydrogen) atoms. The average Bonchev–Trinajstić information content (AvgIpc) is 2.98. The van der Waals surface area contributed by atoms with Gasteiger partial charge >= 0.3 is 0 Å². The molecule has 2 nitrogen and oxygen atoms in total. The fourth-order valence-corrected chi connectivity index (χ4v) is 4.02. The zero-order valence-electron chi connectivity index (χ0n) is 12.5. The molecule has 1 aromatic carbocycles. The van der Waals surface area contributed by atoms with Crippen molar-refractivity contribution in [2.45, 2.75) is 57.4 Å². The summed E-state index contributed by atoms with van der Waals surface area (Å²) >= 11 is 0. The molecular formula is C18H25NO. The molecule has 3 rings (SSSR count). The molecule has 108 valence electrons. The molecule has 1 aliphatic carbocycles. The van der Waals surface area contributed by atoms with Gasteiger partial charge in [0.2, 0.25) is 0 Å². The number of carbonyl (C=O) groups excluding carboxylic acids is 1. The molecular weight excluding hydrogens is 246 g/mol. The molecule has 2 heteroatoms. The van der Waals surface area contributed by atoms with E-state index in [1.54, 1.807) is 0 Å². The first-order valence-electron chi connectivity index (χ1n) is 8.09. The molecule has 2 aliphatic rings. The summed E-state index contributed by atoms with van der Waals surface area (Å²) in [6.45, 7) is 4.29. The Morgan fingerprint density at radius 2 is 1.75 bits per heavy atom. The molecule has 2 fully saturated rings. The van der Waals surface area contributed by atoms with Gasteiger partial charge in [-0.15, -0.1) is 0 Å². The van der Waals surface area contributed by atoms with Crippen LogP contribution in [0.15, 0.2) is 24.3 Å². The lowest BCUT2D eigenvalue weighted by Crippen LogP contribution is -2.54. The molecule has 0 atom stereocenters. The highest BCUT2D eigenvalue weighted by molar-refractivity contribution is 6.03. The number of carbonyl (C=O) groups is 1. The first kappa shape index (κ1) is 13.8. The maximum Gasteiger partial charge on any atom is 0.183 e. The second-order valence-electron chi connectivity index (χ2n) is 6.49. The second kappa shape index (κ2) is 5.69. The van der Waals surface area contributed by atoms with Crippen molar-refractivity contribution in [1.82, 2.24) is 4.90 Å². The van der Waals surface area contributed by atoms with E-state index in [-0.39, 0.29) is 5.54 Å². The lowest BCUT2D eigenvalue weighted by Gasteiger charge is -2.42. The fraction of sp³-hybridized carbons (Fsp3) is 0.611. The van der Waals surface area contributed by atoms with Crippen LogP contribution in [0.2, 0.25) is 0 Å². The van der Waals surface area contributed by atoms with Crippen molar-refractivity contribution in [3.05, 3.63) is 35.4 Å². The highest BCUT2D eigenvalue weighted by Crippen LogP contribution is 2.39. The molecule has 1 aliphatic heterocycles. The summed E-state index contributed by atoms with van der Waals surface area (Å²) in [5, 5.41) is 0. The number of Topliss-reactive ketones (excluding diaryl/α,β-unsaturated/α-hetero) is 1. The predicted molar refractivity (Wildman–Crippen MR) is 82.1 cm³/mol. The van der Waals surface area contributed by atoms with Gasteiger partial charge in [-0.25, -0.2) is 0 Å². The van der Waals surface area contributed by atoms with Crippen LogP contribution in [-0.4, -0.2) is 29.3 Å². The first-order valence-corrected chi connectivity index (χ1v) is 8.09. The van der Waals surface area contributed by atoms with E-state index in [4.69, 9.17) is 0 Å². The number of ketones is 1. The summed E-state index contributed by atoms with van der Waals surface area (Å²) in [6, 6.07) is 8.14. The third-order valence-corrected chi connectivity index (χ3v) is 5.10. The van der Waals surface area contributed by atoms with Gasteiger partial charge in [0.1, 0.15) is 0 Å². The van der Waals surface area contributed by atoms with Gasteiger partial charge in [0.25, 0.3) is 0 Å². The van der Waals surface area contributed by atoms with Crippen molar-refractivity contribution in [3.63, 3.8) is 0 Å². The van der Waals surface area contributed by atoms with Crippen LogP contribution in [0.25, 0.3) is 0 Å². The van der Waals surface area contributed by atoms with Crippen LogP contribution in [-0.2, 0) is 0 Å². The van der Waals surface area contributed by atoms with Crippen LogP contribution in [0.3, 0.4) is 0 Å². The monoisotopic (exact) mass is 271 g/mol. The lowest BCUT2D eigenvalue weighted by atomic mass is 9.84. The van der Waals surface area contributed by atoms with Crippen LogP contribution in [0, 0.1) is 6.92 Å². The summed E-state index contributed by atoms with van der Waals surface area (Å²) < 4.78 is 0. The summed E-state index contributed by atoms with van der Waals surface area (Å²) in [6.07, 6.45) is 8.35. The zero-order valence-corrected chi connectivity index (χ0v) is 12.5. The van der Waals surface area contributed by atoms with Gasteiger partial charge in [-0.3, -0.25) is 9.69 Å². The second-order valence-corrected chi connectivity index (χ2v) is 6.49. The Balaban J connectivity index is 1.91. The number of benzene rings is 1. The smallest absolute Gasteiger partial charge is 0.183 e. The van der Waals surface area contributed by atoms with Crippen LogP contribution in [0.1, 0.15) is 60.9 Å². The molecule has 0 aromatic heterocycles. The molecule has 0 unspecified atom stereocenters. The number of hydrogen-bond donors (Lipinski definition) is 0. The normalized spacial score (nSPS) is 22.9. The first-order chi connectivity index (χ1) is 9.72. The summed E-state index contributed by atoms with van der Waals surface area (Å²) in [4.78, 5) is 15.7. The molecule has 1 aromatic rings. The number of piperidine rings is 1. The molecule has 0 spiro atoms. The summed E-state index contributed by atoms with van der Waals surface area (Å²) in [5.74, 6) is 0.376. The molecule has 0 radical (unpaired) electrons. The van der Waals surface area contributed by atoms with Gasteiger partial charge in [-0.1, -0.05) is 43.0 Å². The molecule has 1 heterocycles. The van der Waals surface area contributed by atoms with Crippen molar-refractivity contribution < 1.29 is 4.79 Å². The minimum Gasteiger partial charge on any atom is -0.292 e. The number of likely N-dealkylation sites (tertiary alicyclic amines) is 1. The SMILES string of the molecule is Cc1cccc(C(=O)C2(N3CCCCC3)CCCC2)c1. The Labute approximate surface area is 122 Å². The lowest BCUT2D eigenvalue weighted by molar-refractivity contribution is 0.0477. The Morgan fingerprint density at radius 1 is 1.05 bits per heavy atom.